The minimum absolute atomic E-state index is 0.286. The summed E-state index contributed by atoms with van der Waals surface area (Å²) < 4.78 is 61.5. The molecule has 1 aromatic carbocycles. The van der Waals surface area contributed by atoms with E-state index in [2.05, 4.69) is 0 Å². The van der Waals surface area contributed by atoms with Gasteiger partial charge in [0.15, 0.2) is 0 Å². The van der Waals surface area contributed by atoms with E-state index in [0.717, 1.165) is 6.92 Å². The van der Waals surface area contributed by atoms with Crippen LogP contribution in [0.5, 0.6) is 0 Å². The molecule has 0 amide bonds. The molecule has 0 fully saturated rings. The van der Waals surface area contributed by atoms with Gasteiger partial charge in [-0.25, -0.2) is 8.42 Å². The largest absolute Gasteiger partial charge is 0.416 e. The van der Waals surface area contributed by atoms with E-state index in [1.165, 1.54) is 0 Å². The molecule has 0 radical (unpaired) electrons. The number of anilines is 1. The van der Waals surface area contributed by atoms with Crippen LogP contribution in [0.25, 0.3) is 0 Å². The van der Waals surface area contributed by atoms with Crippen LogP contribution in [-0.4, -0.2) is 19.6 Å². The Labute approximate surface area is 106 Å². The molecule has 1 rings (SSSR count). The van der Waals surface area contributed by atoms with Crippen LogP contribution < -0.4 is 4.72 Å². The summed E-state index contributed by atoms with van der Waals surface area (Å²) in [7, 11) is -3.93. The van der Waals surface area contributed by atoms with Gasteiger partial charge in [-0.05, 0) is 19.1 Å². The van der Waals surface area contributed by atoms with Crippen molar-refractivity contribution in [2.75, 3.05) is 11.0 Å². The highest BCUT2D eigenvalue weighted by atomic mass is 32.2. The van der Waals surface area contributed by atoms with Gasteiger partial charge < -0.3 is 0 Å². The molecule has 1 aromatic rings. The lowest BCUT2D eigenvalue weighted by Crippen LogP contribution is -2.14. The highest BCUT2D eigenvalue weighted by molar-refractivity contribution is 7.92. The predicted octanol–water partition coefficient (Wildman–Crippen LogP) is 2.29. The van der Waals surface area contributed by atoms with E-state index >= 15 is 0 Å². The fraction of sp³-hybridized carbons (Fsp3) is 0.333. The topological polar surface area (TPSA) is 89.3 Å². The lowest BCUT2D eigenvalue weighted by molar-refractivity contribution is -0.384. The molecule has 0 aromatic heterocycles. The minimum Gasteiger partial charge on any atom is -0.277 e. The molecule has 106 valence electrons. The summed E-state index contributed by atoms with van der Waals surface area (Å²) in [6.07, 6.45) is -4.04. The number of benzene rings is 1. The number of rotatable bonds is 3. The van der Waals surface area contributed by atoms with Crippen LogP contribution in [0, 0.1) is 17.0 Å². The molecule has 0 unspecified atom stereocenters. The third kappa shape index (κ3) is 3.81. The highest BCUT2D eigenvalue weighted by Crippen LogP contribution is 2.37. The minimum atomic E-state index is -4.73. The Balaban J connectivity index is 3.55. The van der Waals surface area contributed by atoms with Gasteiger partial charge >= 0.3 is 6.18 Å². The molecule has 0 bridgehead atoms. The summed E-state index contributed by atoms with van der Waals surface area (Å²) in [5, 5.41) is 10.8. The Morgan fingerprint density at radius 1 is 1.32 bits per heavy atom. The van der Waals surface area contributed by atoms with Crippen LogP contribution in [0.4, 0.5) is 24.5 Å². The zero-order valence-electron chi connectivity index (χ0n) is 9.78. The van der Waals surface area contributed by atoms with Gasteiger partial charge in [0.05, 0.1) is 16.7 Å². The van der Waals surface area contributed by atoms with Gasteiger partial charge in [-0.2, -0.15) is 13.2 Å². The molecule has 10 heteroatoms. The number of nitro benzene ring substituents is 1. The molecule has 0 aliphatic heterocycles. The van der Waals surface area contributed by atoms with Crippen LogP contribution in [0.1, 0.15) is 11.1 Å². The average molecular weight is 298 g/mol. The molecular weight excluding hydrogens is 289 g/mol. The van der Waals surface area contributed by atoms with Gasteiger partial charge in [-0.3, -0.25) is 14.8 Å². The van der Waals surface area contributed by atoms with Crippen LogP contribution >= 0.6 is 0 Å². The second-order valence-electron chi connectivity index (χ2n) is 3.82. The van der Waals surface area contributed by atoms with E-state index in [-0.39, 0.29) is 5.56 Å². The number of hydrogen-bond acceptors (Lipinski definition) is 4. The van der Waals surface area contributed by atoms with Crippen molar-refractivity contribution in [3.8, 4) is 0 Å². The summed E-state index contributed by atoms with van der Waals surface area (Å²) >= 11 is 0. The number of hydrogen-bond donors (Lipinski definition) is 1. The van der Waals surface area contributed by atoms with Gasteiger partial charge in [-0.15, -0.1) is 0 Å². The zero-order valence-corrected chi connectivity index (χ0v) is 10.6. The van der Waals surface area contributed by atoms with Crippen LogP contribution in [-0.2, 0) is 16.2 Å². The third-order valence-corrected chi connectivity index (χ3v) is 2.70. The Morgan fingerprint density at radius 3 is 2.21 bits per heavy atom. The molecule has 0 saturated heterocycles. The van der Waals surface area contributed by atoms with Crippen LogP contribution in [0.15, 0.2) is 12.1 Å². The van der Waals surface area contributed by atoms with E-state index < -0.39 is 38.1 Å². The molecule has 0 spiro atoms. The summed E-state index contributed by atoms with van der Waals surface area (Å²) in [6.45, 7) is 1.10. The number of alkyl halides is 3. The molecular formula is C9H9F3N2O4S. The van der Waals surface area contributed by atoms with E-state index in [1.807, 2.05) is 0 Å². The van der Waals surface area contributed by atoms with E-state index in [1.54, 1.807) is 4.72 Å². The molecule has 0 atom stereocenters. The Morgan fingerprint density at radius 2 is 1.84 bits per heavy atom. The van der Waals surface area contributed by atoms with Gasteiger partial charge in [0.1, 0.15) is 5.69 Å². The van der Waals surface area contributed by atoms with E-state index in [0.29, 0.717) is 18.4 Å². The van der Waals surface area contributed by atoms with Crippen molar-refractivity contribution < 1.29 is 26.5 Å². The van der Waals surface area contributed by atoms with Crippen molar-refractivity contribution >= 4 is 21.4 Å². The van der Waals surface area contributed by atoms with Gasteiger partial charge in [0.2, 0.25) is 10.0 Å². The summed E-state index contributed by atoms with van der Waals surface area (Å²) in [6, 6.07) is 0.984. The fourth-order valence-corrected chi connectivity index (χ4v) is 2.02. The lowest BCUT2D eigenvalue weighted by Gasteiger charge is -2.12. The first kappa shape index (κ1) is 15.2. The van der Waals surface area contributed by atoms with Crippen molar-refractivity contribution in [3.05, 3.63) is 33.4 Å². The Bertz CT molecular complexity index is 625. The van der Waals surface area contributed by atoms with Crippen molar-refractivity contribution in [1.82, 2.24) is 0 Å². The molecule has 0 heterocycles. The average Bonchev–Trinajstić information content (AvgIpc) is 2.11. The molecule has 1 N–H and O–H groups in total. The van der Waals surface area contributed by atoms with Crippen molar-refractivity contribution in [2.45, 2.75) is 13.1 Å². The SMILES string of the molecule is Cc1cc(C(F)(F)F)cc(NS(C)(=O)=O)c1[N+](=O)[O-]. The zero-order chi connectivity index (χ0) is 15.0. The molecule has 6 nitrogen and oxygen atoms in total. The first-order valence-electron chi connectivity index (χ1n) is 4.76. The number of aryl methyl sites for hydroxylation is 1. The number of sulfonamides is 1. The highest BCUT2D eigenvalue weighted by Gasteiger charge is 2.34. The number of nitro groups is 1. The summed E-state index contributed by atoms with van der Waals surface area (Å²) in [5.74, 6) is 0. The third-order valence-electron chi connectivity index (χ3n) is 2.11. The lowest BCUT2D eigenvalue weighted by atomic mass is 10.1. The number of halogens is 3. The Kier molecular flexibility index (Phi) is 3.75. The molecule has 0 aliphatic rings. The quantitative estimate of drug-likeness (QED) is 0.685. The van der Waals surface area contributed by atoms with Gasteiger partial charge in [0.25, 0.3) is 5.69 Å². The summed E-state index contributed by atoms with van der Waals surface area (Å²) in [4.78, 5) is 9.84. The monoisotopic (exact) mass is 298 g/mol. The van der Waals surface area contributed by atoms with E-state index in [9.17, 15) is 31.7 Å². The fourth-order valence-electron chi connectivity index (χ4n) is 1.46. The molecule has 0 aliphatic carbocycles. The normalized spacial score (nSPS) is 12.3. The number of nitrogens with one attached hydrogen (secondary N) is 1. The second kappa shape index (κ2) is 4.68. The maximum Gasteiger partial charge on any atom is 0.416 e. The van der Waals surface area contributed by atoms with Crippen LogP contribution in [0.2, 0.25) is 0 Å². The Hall–Kier alpha value is -1.84. The van der Waals surface area contributed by atoms with Crippen LogP contribution in [0.3, 0.4) is 0 Å². The van der Waals surface area contributed by atoms with Gasteiger partial charge in [0, 0.05) is 5.56 Å². The number of nitrogens with zero attached hydrogens (tertiary/aromatic N) is 1. The predicted molar refractivity (Wildman–Crippen MR) is 61.3 cm³/mol. The smallest absolute Gasteiger partial charge is 0.277 e. The van der Waals surface area contributed by atoms with Crippen molar-refractivity contribution in [2.24, 2.45) is 0 Å². The standard InChI is InChI=1S/C9H9F3N2O4S/c1-5-3-6(9(10,11)12)4-7(8(5)14(15)16)13-19(2,17)18/h3-4,13H,1-2H3. The first-order valence-corrected chi connectivity index (χ1v) is 6.65. The van der Waals surface area contributed by atoms with E-state index in [4.69, 9.17) is 0 Å². The molecule has 19 heavy (non-hydrogen) atoms. The van der Waals surface area contributed by atoms with Crippen molar-refractivity contribution in [1.29, 1.82) is 0 Å². The second-order valence-corrected chi connectivity index (χ2v) is 5.57. The molecule has 0 saturated carbocycles. The maximum absolute atomic E-state index is 12.6. The van der Waals surface area contributed by atoms with Crippen molar-refractivity contribution in [3.63, 3.8) is 0 Å². The first-order chi connectivity index (χ1) is 8.42. The summed E-state index contributed by atoms with van der Waals surface area (Å²) in [5.41, 5.74) is -2.87. The van der Waals surface area contributed by atoms with Gasteiger partial charge in [-0.1, -0.05) is 0 Å². The maximum atomic E-state index is 12.6.